The van der Waals surface area contributed by atoms with Gasteiger partial charge in [-0.15, -0.1) is 0 Å². The van der Waals surface area contributed by atoms with Crippen molar-refractivity contribution in [1.82, 2.24) is 15.1 Å². The standard InChI is InChI=1S/C13H12FN3O4/c14-13(12(19)20)3-4-17(7-13)11(18)9-6-8(15-16-9)10-2-1-5-21-10/h1-2,5-6H,3-4,7H2,(H,15,16)(H,19,20). The molecule has 1 amide bonds. The van der Waals surface area contributed by atoms with E-state index >= 15 is 0 Å². The van der Waals surface area contributed by atoms with Gasteiger partial charge in [-0.3, -0.25) is 9.89 Å². The van der Waals surface area contributed by atoms with E-state index in [1.165, 1.54) is 12.3 Å². The molecule has 0 aliphatic carbocycles. The molecule has 0 saturated carbocycles. The van der Waals surface area contributed by atoms with Crippen molar-refractivity contribution >= 4 is 11.9 Å². The number of carbonyl (C=O) groups excluding carboxylic acids is 1. The van der Waals surface area contributed by atoms with E-state index in [1.807, 2.05) is 0 Å². The summed E-state index contributed by atoms with van der Waals surface area (Å²) in [5.74, 6) is -1.53. The van der Waals surface area contributed by atoms with Gasteiger partial charge in [0.1, 0.15) is 5.69 Å². The molecule has 1 saturated heterocycles. The summed E-state index contributed by atoms with van der Waals surface area (Å²) in [6.07, 6.45) is 1.27. The fraction of sp³-hybridized carbons (Fsp3) is 0.308. The second kappa shape index (κ2) is 4.72. The molecule has 0 bridgehead atoms. The van der Waals surface area contributed by atoms with Crippen LogP contribution in [0.2, 0.25) is 0 Å². The maximum Gasteiger partial charge on any atom is 0.343 e. The lowest BCUT2D eigenvalue weighted by atomic mass is 10.1. The molecule has 2 aromatic rings. The van der Waals surface area contributed by atoms with Crippen molar-refractivity contribution in [2.24, 2.45) is 0 Å². The molecule has 2 N–H and O–H groups in total. The van der Waals surface area contributed by atoms with Gasteiger partial charge in [-0.05, 0) is 12.1 Å². The highest BCUT2D eigenvalue weighted by atomic mass is 19.1. The number of amides is 1. The van der Waals surface area contributed by atoms with Crippen molar-refractivity contribution in [3.8, 4) is 11.5 Å². The number of nitrogens with one attached hydrogen (secondary N) is 1. The Morgan fingerprint density at radius 2 is 2.33 bits per heavy atom. The minimum atomic E-state index is -2.38. The zero-order valence-corrected chi connectivity index (χ0v) is 10.9. The highest BCUT2D eigenvalue weighted by molar-refractivity contribution is 5.94. The van der Waals surface area contributed by atoms with Gasteiger partial charge in [-0.25, -0.2) is 9.18 Å². The summed E-state index contributed by atoms with van der Waals surface area (Å²) in [6.45, 7) is -0.422. The third kappa shape index (κ3) is 2.28. The molecule has 1 unspecified atom stereocenters. The monoisotopic (exact) mass is 293 g/mol. The fourth-order valence-corrected chi connectivity index (χ4v) is 2.27. The van der Waals surface area contributed by atoms with E-state index < -0.39 is 24.1 Å². The fourth-order valence-electron chi connectivity index (χ4n) is 2.27. The number of likely N-dealkylation sites (tertiary alicyclic amines) is 1. The quantitative estimate of drug-likeness (QED) is 0.888. The van der Waals surface area contributed by atoms with E-state index in [0.717, 1.165) is 4.90 Å². The topological polar surface area (TPSA) is 99.4 Å². The predicted molar refractivity (Wildman–Crippen MR) is 68.3 cm³/mol. The number of aromatic nitrogens is 2. The van der Waals surface area contributed by atoms with Gasteiger partial charge in [0.05, 0.1) is 12.8 Å². The average molecular weight is 293 g/mol. The predicted octanol–water partition coefficient (Wildman–Crippen LogP) is 1.31. The molecular formula is C13H12FN3O4. The summed E-state index contributed by atoms with van der Waals surface area (Å²) < 4.78 is 19.1. The third-order valence-corrected chi connectivity index (χ3v) is 3.47. The summed E-state index contributed by atoms with van der Waals surface area (Å²) in [7, 11) is 0. The van der Waals surface area contributed by atoms with Gasteiger partial charge in [0.15, 0.2) is 11.5 Å². The number of carbonyl (C=O) groups is 2. The lowest BCUT2D eigenvalue weighted by Gasteiger charge is -2.16. The first-order valence-corrected chi connectivity index (χ1v) is 6.30. The molecule has 8 heteroatoms. The summed E-state index contributed by atoms with van der Waals surface area (Å²) >= 11 is 0. The van der Waals surface area contributed by atoms with Crippen molar-refractivity contribution in [3.05, 3.63) is 30.2 Å². The van der Waals surface area contributed by atoms with Crippen molar-refractivity contribution < 1.29 is 23.5 Å². The van der Waals surface area contributed by atoms with Gasteiger partial charge in [0.2, 0.25) is 5.67 Å². The molecule has 1 atom stereocenters. The highest BCUT2D eigenvalue weighted by Gasteiger charge is 2.47. The second-order valence-corrected chi connectivity index (χ2v) is 4.89. The summed E-state index contributed by atoms with van der Waals surface area (Å²) in [4.78, 5) is 24.2. The maximum atomic E-state index is 14.0. The first-order chi connectivity index (χ1) is 9.99. The first kappa shape index (κ1) is 13.3. The molecule has 7 nitrogen and oxygen atoms in total. The average Bonchev–Trinajstić information content (AvgIpc) is 3.18. The SMILES string of the molecule is O=C(c1cc(-c2ccco2)[nH]n1)N1CCC(F)(C(=O)O)C1. The number of furan rings is 1. The third-order valence-electron chi connectivity index (χ3n) is 3.47. The number of alkyl halides is 1. The van der Waals surface area contributed by atoms with E-state index in [2.05, 4.69) is 10.2 Å². The van der Waals surface area contributed by atoms with E-state index in [0.29, 0.717) is 11.5 Å². The molecule has 2 aromatic heterocycles. The first-order valence-electron chi connectivity index (χ1n) is 6.30. The van der Waals surface area contributed by atoms with E-state index in [9.17, 15) is 14.0 Å². The van der Waals surface area contributed by atoms with Crippen LogP contribution in [-0.2, 0) is 4.79 Å². The number of hydrogen-bond acceptors (Lipinski definition) is 4. The van der Waals surface area contributed by atoms with E-state index in [1.54, 1.807) is 12.1 Å². The van der Waals surface area contributed by atoms with Crippen LogP contribution in [0.15, 0.2) is 28.9 Å². The number of hydrogen-bond donors (Lipinski definition) is 2. The van der Waals surface area contributed by atoms with Gasteiger partial charge < -0.3 is 14.4 Å². The van der Waals surface area contributed by atoms with Crippen LogP contribution in [0.3, 0.4) is 0 Å². The molecule has 3 rings (SSSR count). The van der Waals surface area contributed by atoms with Gasteiger partial charge in [0, 0.05) is 19.0 Å². The zero-order valence-electron chi connectivity index (χ0n) is 10.9. The van der Waals surface area contributed by atoms with Crippen LogP contribution >= 0.6 is 0 Å². The molecule has 0 spiro atoms. The number of carboxylic acids is 1. The molecule has 1 aliphatic heterocycles. The number of carboxylic acid groups (broad SMARTS) is 1. The van der Waals surface area contributed by atoms with Crippen molar-refractivity contribution in [1.29, 1.82) is 0 Å². The van der Waals surface area contributed by atoms with Gasteiger partial charge in [-0.1, -0.05) is 0 Å². The van der Waals surface area contributed by atoms with Crippen LogP contribution in [0, 0.1) is 0 Å². The largest absolute Gasteiger partial charge is 0.479 e. The molecule has 110 valence electrons. The number of H-pyrrole nitrogens is 1. The zero-order chi connectivity index (χ0) is 15.0. The Morgan fingerprint density at radius 3 is 2.95 bits per heavy atom. The number of rotatable bonds is 3. The molecule has 0 radical (unpaired) electrons. The molecule has 1 aliphatic rings. The molecule has 1 fully saturated rings. The van der Waals surface area contributed by atoms with Crippen LogP contribution in [0.4, 0.5) is 4.39 Å². The van der Waals surface area contributed by atoms with E-state index in [4.69, 9.17) is 9.52 Å². The molecular weight excluding hydrogens is 281 g/mol. The Bertz CT molecular complexity index is 681. The molecule has 3 heterocycles. The normalized spacial score (nSPS) is 21.7. The van der Waals surface area contributed by atoms with Crippen LogP contribution in [-0.4, -0.2) is 50.8 Å². The maximum absolute atomic E-state index is 14.0. The lowest BCUT2D eigenvalue weighted by Crippen LogP contribution is -2.39. The Kier molecular flexibility index (Phi) is 3.00. The Morgan fingerprint density at radius 1 is 1.52 bits per heavy atom. The number of aliphatic carboxylic acids is 1. The molecule has 21 heavy (non-hydrogen) atoms. The second-order valence-electron chi connectivity index (χ2n) is 4.89. The van der Waals surface area contributed by atoms with Crippen LogP contribution in [0.25, 0.3) is 11.5 Å². The lowest BCUT2D eigenvalue weighted by molar-refractivity contribution is -0.149. The van der Waals surface area contributed by atoms with Gasteiger partial charge >= 0.3 is 5.97 Å². The minimum absolute atomic E-state index is 0.0462. The summed E-state index contributed by atoms with van der Waals surface area (Å²) in [5.41, 5.74) is -1.76. The summed E-state index contributed by atoms with van der Waals surface area (Å²) in [5, 5.41) is 15.3. The van der Waals surface area contributed by atoms with Crippen LogP contribution in [0.1, 0.15) is 16.9 Å². The van der Waals surface area contributed by atoms with Crippen LogP contribution < -0.4 is 0 Å². The van der Waals surface area contributed by atoms with Gasteiger partial charge in [0.25, 0.3) is 5.91 Å². The smallest absolute Gasteiger partial charge is 0.343 e. The number of aromatic amines is 1. The van der Waals surface area contributed by atoms with E-state index in [-0.39, 0.29) is 18.7 Å². The molecule has 0 aromatic carbocycles. The van der Waals surface area contributed by atoms with Crippen LogP contribution in [0.5, 0.6) is 0 Å². The van der Waals surface area contributed by atoms with Crippen molar-refractivity contribution in [3.63, 3.8) is 0 Å². The number of halogens is 1. The summed E-state index contributed by atoms with van der Waals surface area (Å²) in [6, 6.07) is 4.89. The Labute approximate surface area is 118 Å². The van der Waals surface area contributed by atoms with Crippen molar-refractivity contribution in [2.75, 3.05) is 13.1 Å². The van der Waals surface area contributed by atoms with Crippen molar-refractivity contribution in [2.45, 2.75) is 12.1 Å². The number of nitrogens with zero attached hydrogens (tertiary/aromatic N) is 2. The highest BCUT2D eigenvalue weighted by Crippen LogP contribution is 2.27. The Balaban J connectivity index is 1.76. The minimum Gasteiger partial charge on any atom is -0.479 e. The van der Waals surface area contributed by atoms with Gasteiger partial charge in [-0.2, -0.15) is 5.10 Å². The Hall–Kier alpha value is -2.64.